The summed E-state index contributed by atoms with van der Waals surface area (Å²) in [5.74, 6) is -4.15. The molecule has 13 heteroatoms. The van der Waals surface area contributed by atoms with Gasteiger partial charge in [-0.3, -0.25) is 0 Å². The molecule has 1 saturated heterocycles. The molecule has 0 bridgehead atoms. The largest absolute Gasteiger partial charge is 0.490 e. The number of fused-ring (bicyclic) bond motifs is 3. The Balaban J connectivity index is 0.000000318. The maximum absolute atomic E-state index is 13.8. The van der Waals surface area contributed by atoms with Gasteiger partial charge in [-0.05, 0) is 7.05 Å². The van der Waals surface area contributed by atoms with Crippen LogP contribution in [0.3, 0.4) is 0 Å². The van der Waals surface area contributed by atoms with Crippen molar-refractivity contribution in [1.82, 2.24) is 14.9 Å². The fourth-order valence-electron chi connectivity index (χ4n) is 3.33. The number of carboxylic acid groups (broad SMARTS) is 1. The number of aromatic nitrogens is 2. The summed E-state index contributed by atoms with van der Waals surface area (Å²) in [5.41, 5.74) is 7.25. The molecular formula is C17H20F5N5O3. The molecule has 1 fully saturated rings. The monoisotopic (exact) mass is 437 g/mol. The van der Waals surface area contributed by atoms with Crippen LogP contribution in [0.2, 0.25) is 0 Å². The highest BCUT2D eigenvalue weighted by molar-refractivity contribution is 5.89. The van der Waals surface area contributed by atoms with Gasteiger partial charge in [0.25, 0.3) is 5.92 Å². The van der Waals surface area contributed by atoms with Gasteiger partial charge in [0.05, 0.1) is 0 Å². The maximum atomic E-state index is 13.8. The van der Waals surface area contributed by atoms with Crippen LogP contribution in [-0.4, -0.2) is 71.3 Å². The van der Waals surface area contributed by atoms with E-state index in [9.17, 15) is 22.0 Å². The van der Waals surface area contributed by atoms with E-state index in [0.717, 1.165) is 26.2 Å². The molecule has 0 saturated carbocycles. The lowest BCUT2D eigenvalue weighted by Gasteiger charge is -2.33. The molecule has 0 spiro atoms. The number of carboxylic acids is 1. The molecule has 0 amide bonds. The molecule has 166 valence electrons. The van der Waals surface area contributed by atoms with E-state index in [1.54, 1.807) is 0 Å². The number of carbonyl (C=O) groups is 1. The molecule has 0 unspecified atom stereocenters. The van der Waals surface area contributed by atoms with Gasteiger partial charge in [-0.2, -0.15) is 18.2 Å². The minimum absolute atomic E-state index is 0.101. The summed E-state index contributed by atoms with van der Waals surface area (Å²) in [6.07, 6.45) is -5.39. The van der Waals surface area contributed by atoms with Gasteiger partial charge in [-0.15, -0.1) is 0 Å². The lowest BCUT2D eigenvalue weighted by Crippen LogP contribution is -2.45. The predicted molar refractivity (Wildman–Crippen MR) is 96.6 cm³/mol. The molecule has 2 aliphatic rings. The van der Waals surface area contributed by atoms with Crippen LogP contribution in [0, 0.1) is 0 Å². The average Bonchev–Trinajstić information content (AvgIpc) is 2.98. The third-order valence-corrected chi connectivity index (χ3v) is 4.91. The summed E-state index contributed by atoms with van der Waals surface area (Å²) >= 11 is 0. The van der Waals surface area contributed by atoms with E-state index in [4.69, 9.17) is 20.1 Å². The lowest BCUT2D eigenvalue weighted by atomic mass is 9.94. The molecule has 8 nitrogen and oxygen atoms in total. The summed E-state index contributed by atoms with van der Waals surface area (Å²) < 4.78 is 65.1. The van der Waals surface area contributed by atoms with Crippen LogP contribution in [0.5, 0.6) is 0 Å². The maximum Gasteiger partial charge on any atom is 0.490 e. The Bertz CT molecular complexity index is 938. The van der Waals surface area contributed by atoms with Gasteiger partial charge in [0.1, 0.15) is 11.3 Å². The van der Waals surface area contributed by atoms with E-state index >= 15 is 0 Å². The van der Waals surface area contributed by atoms with Gasteiger partial charge in [0.15, 0.2) is 11.4 Å². The van der Waals surface area contributed by atoms with Gasteiger partial charge < -0.3 is 25.1 Å². The average molecular weight is 437 g/mol. The van der Waals surface area contributed by atoms with E-state index in [2.05, 4.69) is 26.8 Å². The molecule has 0 radical (unpaired) electrons. The number of hydrogen-bond acceptors (Lipinski definition) is 7. The number of furan rings is 1. The van der Waals surface area contributed by atoms with Gasteiger partial charge in [-0.25, -0.2) is 18.6 Å². The third kappa shape index (κ3) is 4.71. The van der Waals surface area contributed by atoms with E-state index in [-0.39, 0.29) is 25.2 Å². The number of hydrogen-bond donors (Lipinski definition) is 2. The van der Waals surface area contributed by atoms with Gasteiger partial charge >= 0.3 is 12.1 Å². The van der Waals surface area contributed by atoms with E-state index in [1.807, 2.05) is 0 Å². The number of nitrogens with two attached hydrogens (primary N) is 1. The zero-order chi connectivity index (χ0) is 22.3. The molecule has 2 aromatic rings. The smallest absolute Gasteiger partial charge is 0.475 e. The van der Waals surface area contributed by atoms with Crippen molar-refractivity contribution in [2.24, 2.45) is 0 Å². The van der Waals surface area contributed by atoms with E-state index in [1.165, 1.54) is 0 Å². The van der Waals surface area contributed by atoms with Crippen molar-refractivity contribution in [3.8, 4) is 0 Å². The fourth-order valence-corrected chi connectivity index (χ4v) is 3.33. The van der Waals surface area contributed by atoms with Crippen molar-refractivity contribution in [3.05, 3.63) is 11.3 Å². The molecule has 1 aliphatic heterocycles. The highest BCUT2D eigenvalue weighted by Crippen LogP contribution is 2.40. The van der Waals surface area contributed by atoms with Crippen LogP contribution >= 0.6 is 0 Å². The number of rotatable bonds is 1. The molecule has 1 aliphatic carbocycles. The number of nitrogen functional groups attached to an aromatic ring is 1. The third-order valence-electron chi connectivity index (χ3n) is 4.91. The Hall–Kier alpha value is -2.70. The normalized spacial score (nSPS) is 19.2. The Labute approximate surface area is 167 Å². The van der Waals surface area contributed by atoms with Crippen LogP contribution in [0.4, 0.5) is 33.7 Å². The number of anilines is 2. The summed E-state index contributed by atoms with van der Waals surface area (Å²) in [6.45, 7) is 3.40. The Morgan fingerprint density at radius 1 is 1.20 bits per heavy atom. The number of alkyl halides is 5. The Morgan fingerprint density at radius 3 is 2.37 bits per heavy atom. The van der Waals surface area contributed by atoms with E-state index < -0.39 is 18.1 Å². The summed E-state index contributed by atoms with van der Waals surface area (Å²) in [5, 5.41) is 7.12. The van der Waals surface area contributed by atoms with Crippen LogP contribution in [-0.2, 0) is 17.6 Å². The van der Waals surface area contributed by atoms with Crippen LogP contribution in [0.25, 0.3) is 11.1 Å². The molecule has 30 heavy (non-hydrogen) atoms. The number of aliphatic carboxylic acids is 1. The fraction of sp³-hybridized carbons (Fsp3) is 0.588. The van der Waals surface area contributed by atoms with Gasteiger partial charge in [-0.1, -0.05) is 0 Å². The first-order valence-electron chi connectivity index (χ1n) is 9.06. The quantitative estimate of drug-likeness (QED) is 0.655. The zero-order valence-electron chi connectivity index (χ0n) is 16.0. The molecule has 3 N–H and O–H groups in total. The molecule has 2 aromatic heterocycles. The number of nitrogens with zero attached hydrogens (tertiary/aromatic N) is 4. The molecule has 0 aromatic carbocycles. The highest BCUT2D eigenvalue weighted by Gasteiger charge is 2.39. The Morgan fingerprint density at radius 2 is 1.80 bits per heavy atom. The Kier molecular flexibility index (Phi) is 5.76. The number of piperazine rings is 1. The molecule has 4 rings (SSSR count). The first-order chi connectivity index (χ1) is 13.9. The van der Waals surface area contributed by atoms with Crippen LogP contribution < -0.4 is 10.6 Å². The number of aryl methyl sites for hydroxylation is 1. The van der Waals surface area contributed by atoms with Crippen molar-refractivity contribution in [3.63, 3.8) is 0 Å². The minimum Gasteiger partial charge on any atom is -0.475 e. The van der Waals surface area contributed by atoms with Gasteiger partial charge in [0, 0.05) is 51.0 Å². The second-order valence-electron chi connectivity index (χ2n) is 7.21. The SMILES string of the molecule is CN1CCN(c2nc(N)nc3c4c(oc23)CCC(F)(F)C4)CC1.O=C(O)C(F)(F)F. The summed E-state index contributed by atoms with van der Waals surface area (Å²) in [6, 6.07) is 0. The predicted octanol–water partition coefficient (Wildman–Crippen LogP) is 2.31. The first-order valence-corrected chi connectivity index (χ1v) is 9.06. The molecule has 3 heterocycles. The van der Waals surface area contributed by atoms with Crippen molar-refractivity contribution >= 4 is 28.8 Å². The van der Waals surface area contributed by atoms with Crippen LogP contribution in [0.15, 0.2) is 4.42 Å². The summed E-state index contributed by atoms with van der Waals surface area (Å²) in [4.78, 5) is 21.7. The molecule has 0 atom stereocenters. The number of halogens is 5. The van der Waals surface area contributed by atoms with Crippen molar-refractivity contribution in [1.29, 1.82) is 0 Å². The first kappa shape index (κ1) is 22.0. The highest BCUT2D eigenvalue weighted by atomic mass is 19.4. The minimum atomic E-state index is -5.08. The second kappa shape index (κ2) is 7.85. The standard InChI is InChI=1S/C15H19F2N5O.C2HF3O2/c1-21-4-6-22(7-5-21)13-12-11(19-14(18)20-13)9-8-15(16,17)3-2-10(9)23-12;3-2(4,5)1(6)7/h2-8H2,1H3,(H2,18,19,20);(H,6,7). The van der Waals surface area contributed by atoms with Crippen LogP contribution in [0.1, 0.15) is 17.7 Å². The number of likely N-dealkylation sites (N-methyl/N-ethyl adjacent to an activating group) is 1. The second-order valence-corrected chi connectivity index (χ2v) is 7.21. The van der Waals surface area contributed by atoms with Crippen molar-refractivity contribution < 1.29 is 36.3 Å². The van der Waals surface area contributed by atoms with E-state index in [0.29, 0.717) is 28.2 Å². The summed E-state index contributed by atoms with van der Waals surface area (Å²) in [7, 11) is 2.06. The van der Waals surface area contributed by atoms with Crippen molar-refractivity contribution in [2.75, 3.05) is 43.9 Å². The van der Waals surface area contributed by atoms with Crippen molar-refractivity contribution in [2.45, 2.75) is 31.4 Å². The van der Waals surface area contributed by atoms with Gasteiger partial charge in [0.2, 0.25) is 5.95 Å². The molecular weight excluding hydrogens is 417 g/mol. The zero-order valence-corrected chi connectivity index (χ0v) is 16.0. The topological polar surface area (TPSA) is 109 Å². The lowest BCUT2D eigenvalue weighted by molar-refractivity contribution is -0.192.